The summed E-state index contributed by atoms with van der Waals surface area (Å²) in [6, 6.07) is 24.9. The molecule has 0 spiro atoms. The van der Waals surface area contributed by atoms with E-state index in [-0.39, 0.29) is 0 Å². The van der Waals surface area contributed by atoms with Gasteiger partial charge in [-0.2, -0.15) is 15.3 Å². The quantitative estimate of drug-likeness (QED) is 0.138. The number of nitrogens with zero attached hydrogens (tertiary/aromatic N) is 16. The molecular formula is C72H128N16. The van der Waals surface area contributed by atoms with Crippen molar-refractivity contribution in [2.75, 3.05) is 0 Å². The van der Waals surface area contributed by atoms with Crippen molar-refractivity contribution in [3.05, 3.63) is 197 Å². The molecule has 0 aliphatic heterocycles. The topological polar surface area (TPSA) is 206 Å². The predicted octanol–water partition coefficient (Wildman–Crippen LogP) is 20.2. The zero-order chi connectivity index (χ0) is 69.9. The first-order chi connectivity index (χ1) is 40.0. The molecule has 1 aromatic carbocycles. The van der Waals surface area contributed by atoms with Gasteiger partial charge in [0.2, 0.25) is 0 Å². The SMILES string of the molecule is CC(C)(C)C.CC(C)(C)C.CC(C)(C)C.CC(C)(C)C.CC(C)(C)C.CC(C)(C)C.CC(C)(C)C.CC(C)(C)C.c1ccccc1.c1ccncc1.c1ccnnc1.c1cnccn1.c1cncnc1.c1cnncn1.c1cnnnc1.c1ncncn1. The number of pyridine rings is 1. The Labute approximate surface area is 540 Å². The van der Waals surface area contributed by atoms with E-state index >= 15 is 0 Å². The fourth-order valence-electron chi connectivity index (χ4n) is 2.07. The van der Waals surface area contributed by atoms with Crippen molar-refractivity contribution in [1.29, 1.82) is 0 Å². The van der Waals surface area contributed by atoms with Crippen LogP contribution < -0.4 is 0 Å². The Bertz CT molecular complexity index is 1580. The fraction of sp³-hybridized carbons (Fsp3) is 0.556. The molecular weight excluding hydrogens is 1090 g/mol. The zero-order valence-corrected chi connectivity index (χ0v) is 61.6. The second kappa shape index (κ2) is 62.7. The smallest absolute Gasteiger partial charge is 0.138 e. The molecule has 0 aliphatic rings. The molecule has 7 heterocycles. The molecule has 0 atom stereocenters. The van der Waals surface area contributed by atoms with Crippen LogP contribution in [0.25, 0.3) is 0 Å². The van der Waals surface area contributed by atoms with Crippen LogP contribution in [-0.2, 0) is 0 Å². The molecule has 0 N–H and O–H groups in total. The van der Waals surface area contributed by atoms with Crippen molar-refractivity contribution in [3.63, 3.8) is 0 Å². The highest BCUT2D eigenvalue weighted by Gasteiger charge is 1.99. The van der Waals surface area contributed by atoms with Crippen LogP contribution in [-0.4, -0.2) is 80.7 Å². The third-order valence-corrected chi connectivity index (χ3v) is 3.88. The van der Waals surface area contributed by atoms with Gasteiger partial charge >= 0.3 is 0 Å². The molecule has 16 nitrogen and oxygen atoms in total. The van der Waals surface area contributed by atoms with Crippen LogP contribution in [0.3, 0.4) is 0 Å². The average Bonchev–Trinajstić information content (AvgIpc) is 3.40. The van der Waals surface area contributed by atoms with Crippen LogP contribution in [0, 0.1) is 43.3 Å². The maximum Gasteiger partial charge on any atom is 0.138 e. The first-order valence-corrected chi connectivity index (χ1v) is 29.7. The van der Waals surface area contributed by atoms with Gasteiger partial charge in [-0.05, 0) is 84.9 Å². The normalized spacial score (nSPS) is 9.82. The van der Waals surface area contributed by atoms with Gasteiger partial charge in [-0.1, -0.05) is 264 Å². The summed E-state index contributed by atoms with van der Waals surface area (Å²) in [6.07, 6.45) is 30.2. The van der Waals surface area contributed by atoms with Crippen LogP contribution in [0.4, 0.5) is 0 Å². The van der Waals surface area contributed by atoms with E-state index in [4.69, 9.17) is 0 Å². The molecule has 7 aromatic heterocycles. The first-order valence-electron chi connectivity index (χ1n) is 29.7. The molecule has 0 bridgehead atoms. The summed E-state index contributed by atoms with van der Waals surface area (Å²) in [7, 11) is 0. The van der Waals surface area contributed by atoms with Crippen LogP contribution in [0.15, 0.2) is 197 Å². The molecule has 0 aliphatic carbocycles. The summed E-state index contributed by atoms with van der Waals surface area (Å²) in [5.41, 5.74) is 4.00. The Morgan fingerprint density at radius 2 is 0.318 bits per heavy atom. The van der Waals surface area contributed by atoms with Crippen LogP contribution in [0.1, 0.15) is 222 Å². The second-order valence-corrected chi connectivity index (χ2v) is 31.3. The van der Waals surface area contributed by atoms with Gasteiger partial charge in [-0.3, -0.25) is 15.0 Å². The van der Waals surface area contributed by atoms with Crippen molar-refractivity contribution in [3.8, 4) is 0 Å². The molecule has 88 heavy (non-hydrogen) atoms. The minimum absolute atomic E-state index is 0.500. The lowest BCUT2D eigenvalue weighted by molar-refractivity contribution is 0.469. The number of hydrogen-bond donors (Lipinski definition) is 0. The highest BCUT2D eigenvalue weighted by molar-refractivity contribution is 4.99. The number of hydrogen-bond acceptors (Lipinski definition) is 16. The van der Waals surface area contributed by atoms with E-state index in [1.54, 1.807) is 92.7 Å². The molecule has 0 fully saturated rings. The number of aromatic nitrogens is 16. The summed E-state index contributed by atoms with van der Waals surface area (Å²) in [5, 5.41) is 24.1. The van der Waals surface area contributed by atoms with Gasteiger partial charge in [0.15, 0.2) is 0 Å². The summed E-state index contributed by atoms with van der Waals surface area (Å²) in [5.74, 6) is 0. The van der Waals surface area contributed by atoms with Crippen molar-refractivity contribution in [2.24, 2.45) is 43.3 Å². The zero-order valence-electron chi connectivity index (χ0n) is 61.6. The van der Waals surface area contributed by atoms with E-state index < -0.39 is 0 Å². The third-order valence-electron chi connectivity index (χ3n) is 3.88. The number of benzene rings is 1. The van der Waals surface area contributed by atoms with E-state index in [2.05, 4.69) is 302 Å². The van der Waals surface area contributed by atoms with Crippen LogP contribution in [0.5, 0.6) is 0 Å². The van der Waals surface area contributed by atoms with Gasteiger partial charge < -0.3 is 0 Å². The van der Waals surface area contributed by atoms with E-state index in [1.165, 1.54) is 37.8 Å². The molecule has 496 valence electrons. The van der Waals surface area contributed by atoms with Crippen molar-refractivity contribution >= 4 is 0 Å². The lowest BCUT2D eigenvalue weighted by Gasteiger charge is -2.05. The maximum atomic E-state index is 3.78. The van der Waals surface area contributed by atoms with Gasteiger partial charge in [0.05, 0.1) is 18.6 Å². The van der Waals surface area contributed by atoms with Gasteiger partial charge in [0.1, 0.15) is 31.6 Å². The summed E-state index contributed by atoms with van der Waals surface area (Å²) in [4.78, 5) is 32.9. The van der Waals surface area contributed by atoms with Crippen molar-refractivity contribution in [1.82, 2.24) is 80.7 Å². The first kappa shape index (κ1) is 96.9. The standard InChI is InChI=1S/C6H6.C5H5N.8C5H12.3C4H4N2.3C3H3N3/c2*1-2-4-6-5-3-1;8*1-5(2,3)4;1-2-6-4-3-5-1;1-2-5-4-6-3-1;1-2-4-6-5-3-1;1-4-2-6-3-5-1;1-2-5-6-3-4-1;1-2-4-6-5-3-1/h1-6H;1-5H;8*1-4H3;3*1-4H;3*1-3H. The van der Waals surface area contributed by atoms with E-state index in [0.29, 0.717) is 43.3 Å². The average molecular weight is 1220 g/mol. The monoisotopic (exact) mass is 1220 g/mol. The third kappa shape index (κ3) is 287. The molecule has 0 saturated carbocycles. The summed E-state index contributed by atoms with van der Waals surface area (Å²) < 4.78 is 0. The Hall–Kier alpha value is -7.36. The van der Waals surface area contributed by atoms with Crippen molar-refractivity contribution < 1.29 is 0 Å². The number of rotatable bonds is 0. The molecule has 0 saturated heterocycles. The van der Waals surface area contributed by atoms with E-state index in [1.807, 2.05) is 66.7 Å². The van der Waals surface area contributed by atoms with Gasteiger partial charge in [0, 0.05) is 68.2 Å². The molecule has 0 amide bonds. The van der Waals surface area contributed by atoms with Crippen molar-refractivity contribution in [2.45, 2.75) is 222 Å². The molecule has 8 aromatic rings. The van der Waals surface area contributed by atoms with E-state index in [0.717, 1.165) is 0 Å². The maximum absolute atomic E-state index is 3.78. The van der Waals surface area contributed by atoms with E-state index in [9.17, 15) is 0 Å². The molecule has 8 rings (SSSR count). The Kier molecular flexibility index (Phi) is 69.0. The molecule has 0 radical (unpaired) electrons. The minimum Gasteiger partial charge on any atom is -0.265 e. The summed E-state index contributed by atoms with van der Waals surface area (Å²) in [6.45, 7) is 70.0. The van der Waals surface area contributed by atoms with Crippen LogP contribution in [0.2, 0.25) is 0 Å². The lowest BCUT2D eigenvalue weighted by Crippen LogP contribution is -1.93. The van der Waals surface area contributed by atoms with Gasteiger partial charge in [-0.15, -0.1) is 15.3 Å². The van der Waals surface area contributed by atoms with Gasteiger partial charge in [-0.25, -0.2) is 29.9 Å². The van der Waals surface area contributed by atoms with Crippen LogP contribution >= 0.6 is 0 Å². The molecule has 0 unspecified atom stereocenters. The fourth-order valence-corrected chi connectivity index (χ4v) is 2.07. The summed E-state index contributed by atoms with van der Waals surface area (Å²) >= 11 is 0. The highest BCUT2D eigenvalue weighted by Crippen LogP contribution is 2.11. The lowest BCUT2D eigenvalue weighted by atomic mass is 10.0. The molecule has 16 heteroatoms. The Morgan fingerprint density at radius 3 is 0.409 bits per heavy atom. The highest BCUT2D eigenvalue weighted by atomic mass is 15.3. The Balaban J connectivity index is -0.000000129. The minimum atomic E-state index is 0.500. The largest absolute Gasteiger partial charge is 0.265 e. The Morgan fingerprint density at radius 1 is 0.136 bits per heavy atom. The second-order valence-electron chi connectivity index (χ2n) is 31.3. The predicted molar refractivity (Wildman–Crippen MR) is 377 cm³/mol. The van der Waals surface area contributed by atoms with Gasteiger partial charge in [0.25, 0.3) is 0 Å².